The molecule has 1 N–H and O–H groups in total. The van der Waals surface area contributed by atoms with Gasteiger partial charge in [0.25, 0.3) is 0 Å². The number of piperidine rings is 1. The molecule has 2 fully saturated rings. The molecular formula is C20H27N3OS. The quantitative estimate of drug-likeness (QED) is 0.889. The van der Waals surface area contributed by atoms with E-state index in [1.165, 1.54) is 35.9 Å². The van der Waals surface area contributed by atoms with E-state index in [0.29, 0.717) is 18.4 Å². The molecule has 0 spiro atoms. The minimum Gasteiger partial charge on any atom is -0.353 e. The lowest BCUT2D eigenvalue weighted by atomic mass is 9.93. The highest BCUT2D eigenvalue weighted by molar-refractivity contribution is 7.22. The molecule has 4 rings (SSSR count). The summed E-state index contributed by atoms with van der Waals surface area (Å²) < 4.78 is 1.27. The van der Waals surface area contributed by atoms with Gasteiger partial charge in [-0.3, -0.25) is 4.79 Å². The van der Waals surface area contributed by atoms with Crippen molar-refractivity contribution in [2.45, 2.75) is 57.9 Å². The van der Waals surface area contributed by atoms with E-state index in [1.54, 1.807) is 11.3 Å². The number of amides is 1. The molecule has 2 aliphatic rings. The molecule has 25 heavy (non-hydrogen) atoms. The van der Waals surface area contributed by atoms with Crippen molar-refractivity contribution in [2.75, 3.05) is 18.0 Å². The molecule has 1 amide bonds. The van der Waals surface area contributed by atoms with Gasteiger partial charge in [-0.2, -0.15) is 0 Å². The molecule has 134 valence electrons. The molecule has 2 aromatic rings. The van der Waals surface area contributed by atoms with Crippen LogP contribution in [0.3, 0.4) is 0 Å². The second kappa shape index (κ2) is 7.32. The van der Waals surface area contributed by atoms with Crippen LogP contribution >= 0.6 is 11.3 Å². The monoisotopic (exact) mass is 357 g/mol. The Bertz CT molecular complexity index is 742. The minimum atomic E-state index is 0.265. The van der Waals surface area contributed by atoms with Crippen LogP contribution in [0.15, 0.2) is 18.2 Å². The number of benzene rings is 1. The summed E-state index contributed by atoms with van der Waals surface area (Å²) in [6.45, 7) is 4.15. The van der Waals surface area contributed by atoms with Crippen molar-refractivity contribution in [2.24, 2.45) is 5.92 Å². The lowest BCUT2D eigenvalue weighted by Gasteiger charge is -2.31. The Morgan fingerprint density at radius 2 is 2.00 bits per heavy atom. The molecule has 1 saturated carbocycles. The normalized spacial score (nSPS) is 19.6. The maximum Gasteiger partial charge on any atom is 0.220 e. The third-order valence-corrected chi connectivity index (χ3v) is 6.77. The third-order valence-electron chi connectivity index (χ3n) is 5.69. The van der Waals surface area contributed by atoms with E-state index in [2.05, 4.69) is 35.3 Å². The number of para-hydroxylation sites is 1. The third kappa shape index (κ3) is 3.81. The van der Waals surface area contributed by atoms with Crippen LogP contribution in [0.1, 0.15) is 50.5 Å². The molecule has 1 aliphatic heterocycles. The number of carbonyl (C=O) groups excluding carboxylic acids is 1. The first kappa shape index (κ1) is 16.8. The minimum absolute atomic E-state index is 0.265. The number of aryl methyl sites for hydroxylation is 1. The van der Waals surface area contributed by atoms with E-state index in [0.717, 1.165) is 36.6 Å². The van der Waals surface area contributed by atoms with Crippen LogP contribution in [0.2, 0.25) is 0 Å². The largest absolute Gasteiger partial charge is 0.353 e. The Hall–Kier alpha value is -1.62. The van der Waals surface area contributed by atoms with Gasteiger partial charge in [0, 0.05) is 25.6 Å². The summed E-state index contributed by atoms with van der Waals surface area (Å²) in [6.07, 6.45) is 7.75. The van der Waals surface area contributed by atoms with Crippen LogP contribution in [0.4, 0.5) is 5.13 Å². The van der Waals surface area contributed by atoms with Gasteiger partial charge in [-0.25, -0.2) is 4.98 Å². The summed E-state index contributed by atoms with van der Waals surface area (Å²) in [5.74, 6) is 0.787. The Labute approximate surface area is 153 Å². The zero-order chi connectivity index (χ0) is 17.2. The van der Waals surface area contributed by atoms with E-state index >= 15 is 0 Å². The highest BCUT2D eigenvalue weighted by Crippen LogP contribution is 2.33. The van der Waals surface area contributed by atoms with Crippen LogP contribution in [0.5, 0.6) is 0 Å². The number of hydrogen-bond donors (Lipinski definition) is 1. The smallest absolute Gasteiger partial charge is 0.220 e. The van der Waals surface area contributed by atoms with Gasteiger partial charge in [-0.05, 0) is 50.2 Å². The number of nitrogens with one attached hydrogen (secondary N) is 1. The van der Waals surface area contributed by atoms with Crippen LogP contribution in [0.25, 0.3) is 10.2 Å². The Balaban J connectivity index is 1.31. The summed E-state index contributed by atoms with van der Waals surface area (Å²) in [5.41, 5.74) is 2.39. The molecule has 1 aliphatic carbocycles. The van der Waals surface area contributed by atoms with Crippen LogP contribution in [-0.4, -0.2) is 30.0 Å². The van der Waals surface area contributed by atoms with E-state index in [4.69, 9.17) is 4.98 Å². The fourth-order valence-corrected chi connectivity index (χ4v) is 5.25. The number of aromatic nitrogens is 1. The van der Waals surface area contributed by atoms with Crippen LogP contribution in [0, 0.1) is 12.8 Å². The second-order valence-corrected chi connectivity index (χ2v) is 8.61. The maximum atomic E-state index is 12.2. The standard InChI is InChI=1S/C20H27N3OS/c1-14-5-4-8-17-19(14)22-20(25-17)23-11-9-15(10-12-23)13-18(24)21-16-6-2-3-7-16/h4-5,8,15-16H,2-3,6-7,9-13H2,1H3,(H,21,24). The average Bonchev–Trinajstić information content (AvgIpc) is 3.25. The maximum absolute atomic E-state index is 12.2. The van der Waals surface area contributed by atoms with Gasteiger partial charge in [0.05, 0.1) is 10.2 Å². The predicted octanol–water partition coefficient (Wildman–Crippen LogP) is 4.27. The fourth-order valence-electron chi connectivity index (χ4n) is 4.16. The molecule has 0 atom stereocenters. The lowest BCUT2D eigenvalue weighted by molar-refractivity contribution is -0.122. The summed E-state index contributed by atoms with van der Waals surface area (Å²) in [6, 6.07) is 6.83. The first-order valence-electron chi connectivity index (χ1n) is 9.59. The van der Waals surface area contributed by atoms with Gasteiger partial charge in [0.15, 0.2) is 5.13 Å². The van der Waals surface area contributed by atoms with Gasteiger partial charge in [0.1, 0.15) is 0 Å². The van der Waals surface area contributed by atoms with Crippen molar-refractivity contribution in [3.8, 4) is 0 Å². The second-order valence-electron chi connectivity index (χ2n) is 7.60. The number of nitrogens with zero attached hydrogens (tertiary/aromatic N) is 2. The summed E-state index contributed by atoms with van der Waals surface area (Å²) in [5, 5.41) is 4.37. The van der Waals surface area contributed by atoms with Gasteiger partial charge in [-0.15, -0.1) is 0 Å². The first-order chi connectivity index (χ1) is 12.2. The topological polar surface area (TPSA) is 45.2 Å². The number of anilines is 1. The van der Waals surface area contributed by atoms with Crippen molar-refractivity contribution in [1.29, 1.82) is 0 Å². The highest BCUT2D eigenvalue weighted by atomic mass is 32.1. The number of fused-ring (bicyclic) bond motifs is 1. The number of rotatable bonds is 4. The molecule has 4 nitrogen and oxygen atoms in total. The van der Waals surface area contributed by atoms with E-state index in [-0.39, 0.29) is 5.91 Å². The lowest BCUT2D eigenvalue weighted by Crippen LogP contribution is -2.38. The highest BCUT2D eigenvalue weighted by Gasteiger charge is 2.25. The zero-order valence-corrected chi connectivity index (χ0v) is 15.8. The predicted molar refractivity (Wildman–Crippen MR) is 104 cm³/mol. The van der Waals surface area contributed by atoms with Crippen molar-refractivity contribution >= 4 is 32.6 Å². The van der Waals surface area contributed by atoms with E-state index in [9.17, 15) is 4.79 Å². The molecule has 2 heterocycles. The van der Waals surface area contributed by atoms with Gasteiger partial charge in [-0.1, -0.05) is 36.3 Å². The molecule has 1 saturated heterocycles. The molecule has 5 heteroatoms. The van der Waals surface area contributed by atoms with E-state index in [1.807, 2.05) is 0 Å². The molecule has 0 radical (unpaired) electrons. The van der Waals surface area contributed by atoms with Gasteiger partial charge < -0.3 is 10.2 Å². The molecule has 0 bridgehead atoms. The summed E-state index contributed by atoms with van der Waals surface area (Å²) in [4.78, 5) is 19.5. The van der Waals surface area contributed by atoms with Gasteiger partial charge in [0.2, 0.25) is 5.91 Å². The Morgan fingerprint density at radius 3 is 2.72 bits per heavy atom. The zero-order valence-electron chi connectivity index (χ0n) is 15.0. The molecule has 1 aromatic heterocycles. The Morgan fingerprint density at radius 1 is 1.24 bits per heavy atom. The fraction of sp³-hybridized carbons (Fsp3) is 0.600. The van der Waals surface area contributed by atoms with E-state index < -0.39 is 0 Å². The summed E-state index contributed by atoms with van der Waals surface area (Å²) in [7, 11) is 0. The van der Waals surface area contributed by atoms with Crippen molar-refractivity contribution < 1.29 is 4.79 Å². The van der Waals surface area contributed by atoms with Crippen LogP contribution in [-0.2, 0) is 4.79 Å². The van der Waals surface area contributed by atoms with Crippen LogP contribution < -0.4 is 10.2 Å². The molecule has 0 unspecified atom stereocenters. The first-order valence-corrected chi connectivity index (χ1v) is 10.4. The average molecular weight is 358 g/mol. The number of carbonyl (C=O) groups is 1. The summed E-state index contributed by atoms with van der Waals surface area (Å²) >= 11 is 1.79. The molecular weight excluding hydrogens is 330 g/mol. The molecule has 1 aromatic carbocycles. The van der Waals surface area contributed by atoms with Crippen molar-refractivity contribution in [1.82, 2.24) is 10.3 Å². The number of thiazole rings is 1. The van der Waals surface area contributed by atoms with Crippen molar-refractivity contribution in [3.63, 3.8) is 0 Å². The SMILES string of the molecule is Cc1cccc2sc(N3CCC(CC(=O)NC4CCCC4)CC3)nc12. The van der Waals surface area contributed by atoms with Gasteiger partial charge >= 0.3 is 0 Å². The van der Waals surface area contributed by atoms with Crippen molar-refractivity contribution in [3.05, 3.63) is 23.8 Å². The number of hydrogen-bond acceptors (Lipinski definition) is 4. The Kier molecular flexibility index (Phi) is 4.93.